The van der Waals surface area contributed by atoms with E-state index >= 15 is 0 Å². The maximum atomic E-state index is 11.1. The molecule has 0 aliphatic heterocycles. The number of benzene rings is 1. The van der Waals surface area contributed by atoms with Crippen molar-refractivity contribution in [2.24, 2.45) is 0 Å². The van der Waals surface area contributed by atoms with E-state index in [1.807, 2.05) is 0 Å². The van der Waals surface area contributed by atoms with Gasteiger partial charge in [-0.1, -0.05) is 0 Å². The fourth-order valence-electron chi connectivity index (χ4n) is 0.900. The average molecular weight is 166 g/mol. The first-order valence-corrected chi connectivity index (χ1v) is 3.74. The Morgan fingerprint density at radius 1 is 1.33 bits per heavy atom. The van der Waals surface area contributed by atoms with Crippen LogP contribution in [0.25, 0.3) is 0 Å². The third-order valence-electron chi connectivity index (χ3n) is 1.65. The summed E-state index contributed by atoms with van der Waals surface area (Å²) in [5.41, 5.74) is 12.5. The lowest BCUT2D eigenvalue weighted by atomic mass is 10.2. The molecule has 0 aliphatic carbocycles. The Morgan fingerprint density at radius 3 is 2.50 bits per heavy atom. The predicted octanol–water partition coefficient (Wildman–Crippen LogP) is 1.28. The van der Waals surface area contributed by atoms with Crippen molar-refractivity contribution in [1.82, 2.24) is 0 Å². The molecule has 0 heterocycles. The van der Waals surface area contributed by atoms with Crippen molar-refractivity contribution in [3.8, 4) is 0 Å². The summed E-state index contributed by atoms with van der Waals surface area (Å²) < 4.78 is 0.857. The van der Waals surface area contributed by atoms with E-state index < -0.39 is 0 Å². The van der Waals surface area contributed by atoms with Crippen molar-refractivity contribution < 1.29 is 4.76 Å². The molecule has 0 amide bonds. The Bertz CT molecular complexity index is 309. The number of nitroso groups, excluding NO2 is 1. The second kappa shape index (κ2) is 3.21. The second-order valence-electron chi connectivity index (χ2n) is 2.51. The molecule has 0 bridgehead atoms. The summed E-state index contributed by atoms with van der Waals surface area (Å²) in [5.74, 6) is 0. The standard InChI is InChI=1S/C8H12N3O/c1-2-11(12)6-3-4-7(9)8(10)5-6/h3-5H,2,9-10H2,1H3/q+1. The number of rotatable bonds is 2. The van der Waals surface area contributed by atoms with E-state index in [4.69, 9.17) is 11.5 Å². The summed E-state index contributed by atoms with van der Waals surface area (Å²) in [7, 11) is 0. The highest BCUT2D eigenvalue weighted by atomic mass is 16.3. The van der Waals surface area contributed by atoms with Crippen LogP contribution in [0, 0.1) is 4.91 Å². The summed E-state index contributed by atoms with van der Waals surface area (Å²) in [6.45, 7) is 2.18. The molecule has 0 atom stereocenters. The number of anilines is 2. The molecule has 1 rings (SSSR count). The maximum Gasteiger partial charge on any atom is 0.258 e. The van der Waals surface area contributed by atoms with Crippen LogP contribution in [0.5, 0.6) is 0 Å². The second-order valence-corrected chi connectivity index (χ2v) is 2.51. The molecule has 0 saturated heterocycles. The molecule has 12 heavy (non-hydrogen) atoms. The number of hydrogen-bond acceptors (Lipinski definition) is 3. The van der Waals surface area contributed by atoms with Crippen LogP contribution in [0.1, 0.15) is 6.92 Å². The lowest BCUT2D eigenvalue weighted by Crippen LogP contribution is -2.01. The molecule has 0 aromatic heterocycles. The highest BCUT2D eigenvalue weighted by Crippen LogP contribution is 2.21. The highest BCUT2D eigenvalue weighted by Gasteiger charge is 2.10. The Labute approximate surface area is 70.7 Å². The van der Waals surface area contributed by atoms with Gasteiger partial charge in [0.15, 0.2) is 6.54 Å². The van der Waals surface area contributed by atoms with Crippen molar-refractivity contribution in [3.63, 3.8) is 0 Å². The van der Waals surface area contributed by atoms with Gasteiger partial charge in [0.05, 0.1) is 11.4 Å². The van der Waals surface area contributed by atoms with Crippen molar-refractivity contribution in [3.05, 3.63) is 23.1 Å². The lowest BCUT2D eigenvalue weighted by molar-refractivity contribution is -0.458. The number of nitrogens with zero attached hydrogens (tertiary/aromatic N) is 1. The van der Waals surface area contributed by atoms with Crippen LogP contribution in [-0.4, -0.2) is 11.3 Å². The van der Waals surface area contributed by atoms with Crippen LogP contribution in [0.3, 0.4) is 0 Å². The molecular formula is C8H12N3O+. The van der Waals surface area contributed by atoms with Gasteiger partial charge in [0.2, 0.25) is 0 Å². The van der Waals surface area contributed by atoms with Crippen molar-refractivity contribution >= 4 is 17.1 Å². The van der Waals surface area contributed by atoms with Crippen LogP contribution in [0.15, 0.2) is 18.2 Å². The van der Waals surface area contributed by atoms with Crippen LogP contribution < -0.4 is 11.5 Å². The van der Waals surface area contributed by atoms with Crippen LogP contribution >= 0.6 is 0 Å². The Kier molecular flexibility index (Phi) is 2.28. The van der Waals surface area contributed by atoms with Gasteiger partial charge in [0.1, 0.15) is 0 Å². The molecule has 4 heteroatoms. The number of hydrogen-bond donors (Lipinski definition) is 2. The van der Waals surface area contributed by atoms with E-state index in [9.17, 15) is 4.91 Å². The molecular weight excluding hydrogens is 154 g/mol. The highest BCUT2D eigenvalue weighted by molar-refractivity contribution is 5.66. The van der Waals surface area contributed by atoms with E-state index in [1.54, 1.807) is 25.1 Å². The fourth-order valence-corrected chi connectivity index (χ4v) is 0.900. The third-order valence-corrected chi connectivity index (χ3v) is 1.65. The zero-order chi connectivity index (χ0) is 9.14. The Balaban J connectivity index is 3.05. The van der Waals surface area contributed by atoms with Crippen LogP contribution in [-0.2, 0) is 0 Å². The van der Waals surface area contributed by atoms with Gasteiger partial charge in [0, 0.05) is 21.8 Å². The molecule has 4 N–H and O–H groups in total. The quantitative estimate of drug-likeness (QED) is 0.513. The predicted molar refractivity (Wildman–Crippen MR) is 49.1 cm³/mol. The van der Waals surface area contributed by atoms with Gasteiger partial charge in [-0.15, -0.1) is 0 Å². The summed E-state index contributed by atoms with van der Waals surface area (Å²) in [4.78, 5) is 11.1. The fraction of sp³-hybridized carbons (Fsp3) is 0.250. The minimum absolute atomic E-state index is 0.406. The molecule has 0 saturated carbocycles. The molecule has 1 aromatic rings. The number of nitrogens with two attached hydrogens (primary N) is 2. The monoisotopic (exact) mass is 166 g/mol. The molecule has 0 radical (unpaired) electrons. The normalized spacial score (nSPS) is 9.75. The molecule has 0 fully saturated rings. The third kappa shape index (κ3) is 1.53. The smallest absolute Gasteiger partial charge is 0.258 e. The first kappa shape index (κ1) is 8.52. The summed E-state index contributed by atoms with van der Waals surface area (Å²) in [5, 5.41) is 0. The van der Waals surface area contributed by atoms with Crippen molar-refractivity contribution in [1.29, 1.82) is 0 Å². The average Bonchev–Trinajstić information content (AvgIpc) is 2.08. The largest absolute Gasteiger partial charge is 0.397 e. The van der Waals surface area contributed by atoms with E-state index in [2.05, 4.69) is 0 Å². The van der Waals surface area contributed by atoms with E-state index in [0.717, 1.165) is 4.76 Å². The van der Waals surface area contributed by atoms with Crippen LogP contribution in [0.2, 0.25) is 0 Å². The molecule has 1 aromatic carbocycles. The summed E-state index contributed by atoms with van der Waals surface area (Å²) in [6, 6.07) is 4.86. The first-order chi connectivity index (χ1) is 5.65. The minimum Gasteiger partial charge on any atom is -0.397 e. The molecule has 0 unspecified atom stereocenters. The molecule has 4 nitrogen and oxygen atoms in total. The zero-order valence-corrected chi connectivity index (χ0v) is 6.95. The van der Waals surface area contributed by atoms with Gasteiger partial charge in [-0.05, 0) is 13.0 Å². The first-order valence-electron chi connectivity index (χ1n) is 3.74. The topological polar surface area (TPSA) is 72.1 Å². The minimum atomic E-state index is 0.406. The maximum absolute atomic E-state index is 11.1. The van der Waals surface area contributed by atoms with E-state index in [1.165, 1.54) is 0 Å². The summed E-state index contributed by atoms with van der Waals surface area (Å²) in [6.07, 6.45) is 0. The summed E-state index contributed by atoms with van der Waals surface area (Å²) >= 11 is 0. The van der Waals surface area contributed by atoms with Gasteiger partial charge >= 0.3 is 0 Å². The van der Waals surface area contributed by atoms with E-state index in [0.29, 0.717) is 23.6 Å². The zero-order valence-electron chi connectivity index (χ0n) is 6.95. The van der Waals surface area contributed by atoms with Gasteiger partial charge in [-0.3, -0.25) is 0 Å². The SMILES string of the molecule is CC[N+](=O)c1ccc(N)c(N)c1. The van der Waals surface area contributed by atoms with Crippen molar-refractivity contribution in [2.75, 3.05) is 18.0 Å². The molecule has 0 spiro atoms. The van der Waals surface area contributed by atoms with Gasteiger partial charge in [-0.25, -0.2) is 0 Å². The van der Waals surface area contributed by atoms with Crippen LogP contribution in [0.4, 0.5) is 17.1 Å². The number of nitrogen functional groups attached to an aromatic ring is 2. The molecule has 0 aliphatic rings. The van der Waals surface area contributed by atoms with Crippen molar-refractivity contribution in [2.45, 2.75) is 6.92 Å². The van der Waals surface area contributed by atoms with Gasteiger partial charge in [0.25, 0.3) is 5.69 Å². The Morgan fingerprint density at radius 2 is 2.00 bits per heavy atom. The van der Waals surface area contributed by atoms with E-state index in [-0.39, 0.29) is 0 Å². The Hall–Kier alpha value is -1.58. The lowest BCUT2D eigenvalue weighted by Gasteiger charge is -1.97. The van der Waals surface area contributed by atoms with Gasteiger partial charge in [-0.2, -0.15) is 0 Å². The van der Waals surface area contributed by atoms with Gasteiger partial charge < -0.3 is 11.5 Å². The molecule has 64 valence electrons.